The predicted molar refractivity (Wildman–Crippen MR) is 40.8 cm³/mol. The fourth-order valence-corrected chi connectivity index (χ4v) is 0.625. The summed E-state index contributed by atoms with van der Waals surface area (Å²) in [4.78, 5) is 0. The van der Waals surface area contributed by atoms with Crippen molar-refractivity contribution in [1.82, 2.24) is 10.2 Å². The minimum Gasteiger partial charge on any atom is -0.270 e. The second kappa shape index (κ2) is 3.97. The van der Waals surface area contributed by atoms with Gasteiger partial charge in [-0.1, -0.05) is 5.92 Å². The van der Waals surface area contributed by atoms with Crippen LogP contribution in [-0.4, -0.2) is 16.1 Å². The number of aromatic amines is 1. The fourth-order valence-electron chi connectivity index (χ4n) is 0.530. The molecule has 0 aliphatic heterocycles. The van der Waals surface area contributed by atoms with E-state index in [4.69, 9.17) is 11.6 Å². The van der Waals surface area contributed by atoms with Crippen LogP contribution in [0.3, 0.4) is 0 Å². The topological polar surface area (TPSA) is 28.7 Å². The molecule has 0 amide bonds. The summed E-state index contributed by atoms with van der Waals surface area (Å²) in [6.45, 7) is 0. The Morgan fingerprint density at radius 3 is 3.20 bits per heavy atom. The molecule has 0 saturated carbocycles. The van der Waals surface area contributed by atoms with Gasteiger partial charge in [0.05, 0.1) is 0 Å². The lowest BCUT2D eigenvalue weighted by molar-refractivity contribution is 1.08. The van der Waals surface area contributed by atoms with Gasteiger partial charge in [0.1, 0.15) is 5.69 Å². The molecule has 2 nitrogen and oxygen atoms in total. The first-order valence-corrected chi connectivity index (χ1v) is 3.51. The predicted octanol–water partition coefficient (Wildman–Crippen LogP) is 1.39. The molecule has 3 heteroatoms. The Morgan fingerprint density at radius 1 is 1.70 bits per heavy atom. The molecule has 0 atom stereocenters. The van der Waals surface area contributed by atoms with E-state index in [-0.39, 0.29) is 0 Å². The Morgan fingerprint density at radius 2 is 2.60 bits per heavy atom. The molecule has 0 spiro atoms. The Bertz CT molecular complexity index is 230. The van der Waals surface area contributed by atoms with E-state index in [1.165, 1.54) is 0 Å². The van der Waals surface area contributed by atoms with E-state index in [1.54, 1.807) is 6.20 Å². The normalized spacial score (nSPS) is 8.50. The smallest absolute Gasteiger partial charge is 0.107 e. The Hall–Kier alpha value is -0.940. The van der Waals surface area contributed by atoms with Crippen molar-refractivity contribution in [1.29, 1.82) is 0 Å². The zero-order valence-corrected chi connectivity index (χ0v) is 6.15. The van der Waals surface area contributed by atoms with Crippen LogP contribution in [0.4, 0.5) is 0 Å². The lowest BCUT2D eigenvalue weighted by Crippen LogP contribution is -1.73. The van der Waals surface area contributed by atoms with Crippen molar-refractivity contribution in [3.05, 3.63) is 18.0 Å². The SMILES string of the molecule is ClCCC#Cc1ccn[nH]1. The maximum Gasteiger partial charge on any atom is 0.107 e. The van der Waals surface area contributed by atoms with E-state index < -0.39 is 0 Å². The van der Waals surface area contributed by atoms with Gasteiger partial charge < -0.3 is 0 Å². The Balaban J connectivity index is 2.49. The van der Waals surface area contributed by atoms with E-state index >= 15 is 0 Å². The van der Waals surface area contributed by atoms with Crippen LogP contribution in [0.2, 0.25) is 0 Å². The number of nitrogens with zero attached hydrogens (tertiary/aromatic N) is 1. The van der Waals surface area contributed by atoms with E-state index in [1.807, 2.05) is 6.07 Å². The molecule has 1 aromatic rings. The van der Waals surface area contributed by atoms with Gasteiger partial charge >= 0.3 is 0 Å². The standard InChI is InChI=1S/C7H7ClN2/c8-5-2-1-3-7-4-6-9-10-7/h4,6H,2,5H2,(H,9,10). The van der Waals surface area contributed by atoms with Crippen molar-refractivity contribution in [2.75, 3.05) is 5.88 Å². The maximum absolute atomic E-state index is 5.41. The number of H-pyrrole nitrogens is 1. The van der Waals surface area contributed by atoms with Crippen LogP contribution < -0.4 is 0 Å². The molecule has 0 saturated heterocycles. The molecular weight excluding hydrogens is 148 g/mol. The van der Waals surface area contributed by atoms with Crippen molar-refractivity contribution in [2.24, 2.45) is 0 Å². The number of rotatable bonds is 1. The minimum atomic E-state index is 0.584. The van der Waals surface area contributed by atoms with Gasteiger partial charge in [-0.2, -0.15) is 5.10 Å². The first-order valence-electron chi connectivity index (χ1n) is 2.97. The third-order valence-corrected chi connectivity index (χ3v) is 1.13. The van der Waals surface area contributed by atoms with Gasteiger partial charge in [0.15, 0.2) is 0 Å². The molecule has 1 heterocycles. The number of halogens is 1. The second-order valence-electron chi connectivity index (χ2n) is 1.71. The van der Waals surface area contributed by atoms with E-state index in [9.17, 15) is 0 Å². The highest BCUT2D eigenvalue weighted by molar-refractivity contribution is 6.18. The molecule has 0 unspecified atom stereocenters. The van der Waals surface area contributed by atoms with Gasteiger partial charge in [0.25, 0.3) is 0 Å². The average molecular weight is 155 g/mol. The van der Waals surface area contributed by atoms with Gasteiger partial charge in [-0.05, 0) is 12.0 Å². The van der Waals surface area contributed by atoms with Gasteiger partial charge in [-0.3, -0.25) is 5.10 Å². The number of alkyl halides is 1. The molecule has 1 N–H and O–H groups in total. The molecule has 0 radical (unpaired) electrons. The van der Waals surface area contributed by atoms with Crippen LogP contribution in [0.15, 0.2) is 12.3 Å². The summed E-state index contributed by atoms with van der Waals surface area (Å²) in [6, 6.07) is 1.82. The van der Waals surface area contributed by atoms with E-state index in [0.717, 1.165) is 12.1 Å². The number of hydrogen-bond donors (Lipinski definition) is 1. The van der Waals surface area contributed by atoms with Crippen molar-refractivity contribution < 1.29 is 0 Å². The summed E-state index contributed by atoms with van der Waals surface area (Å²) in [5.74, 6) is 6.34. The molecule has 0 bridgehead atoms. The van der Waals surface area contributed by atoms with Gasteiger partial charge in [-0.15, -0.1) is 11.6 Å². The average Bonchev–Trinajstić information content (AvgIpc) is 2.41. The summed E-state index contributed by atoms with van der Waals surface area (Å²) >= 11 is 5.41. The van der Waals surface area contributed by atoms with Crippen LogP contribution in [-0.2, 0) is 0 Å². The maximum atomic E-state index is 5.41. The Kier molecular flexibility index (Phi) is 2.85. The molecule has 0 fully saturated rings. The largest absolute Gasteiger partial charge is 0.270 e. The summed E-state index contributed by atoms with van der Waals surface area (Å²) in [6.07, 6.45) is 2.39. The summed E-state index contributed by atoms with van der Waals surface area (Å²) in [7, 11) is 0. The van der Waals surface area contributed by atoms with Gasteiger partial charge in [-0.25, -0.2) is 0 Å². The van der Waals surface area contributed by atoms with Crippen LogP contribution in [0, 0.1) is 11.8 Å². The number of hydrogen-bond acceptors (Lipinski definition) is 1. The van der Waals surface area contributed by atoms with Crippen molar-refractivity contribution >= 4 is 11.6 Å². The first kappa shape index (κ1) is 7.17. The molecule has 0 aliphatic carbocycles. The lowest BCUT2D eigenvalue weighted by atomic mass is 10.4. The van der Waals surface area contributed by atoms with Gasteiger partial charge in [0.2, 0.25) is 0 Å². The quantitative estimate of drug-likeness (QED) is 0.481. The third kappa shape index (κ3) is 2.12. The molecule has 52 valence electrons. The second-order valence-corrected chi connectivity index (χ2v) is 2.09. The first-order chi connectivity index (χ1) is 4.93. The molecule has 0 aliphatic rings. The molecule has 0 aromatic carbocycles. The molecular formula is C7H7ClN2. The molecule has 10 heavy (non-hydrogen) atoms. The minimum absolute atomic E-state index is 0.584. The number of aromatic nitrogens is 2. The van der Waals surface area contributed by atoms with E-state index in [2.05, 4.69) is 22.0 Å². The van der Waals surface area contributed by atoms with Crippen LogP contribution in [0.25, 0.3) is 0 Å². The zero-order chi connectivity index (χ0) is 7.23. The lowest BCUT2D eigenvalue weighted by Gasteiger charge is -1.76. The zero-order valence-electron chi connectivity index (χ0n) is 5.39. The summed E-state index contributed by atoms with van der Waals surface area (Å²) in [5, 5.41) is 6.47. The third-order valence-electron chi connectivity index (χ3n) is 0.943. The monoisotopic (exact) mass is 154 g/mol. The highest BCUT2D eigenvalue weighted by Crippen LogP contribution is 1.87. The highest BCUT2D eigenvalue weighted by atomic mass is 35.5. The number of nitrogens with one attached hydrogen (secondary N) is 1. The molecule has 1 rings (SSSR count). The van der Waals surface area contributed by atoms with Crippen molar-refractivity contribution in [2.45, 2.75) is 6.42 Å². The van der Waals surface area contributed by atoms with Crippen LogP contribution in [0.5, 0.6) is 0 Å². The molecule has 1 aromatic heterocycles. The Labute approximate surface area is 64.6 Å². The van der Waals surface area contributed by atoms with Crippen LogP contribution >= 0.6 is 11.6 Å². The summed E-state index contributed by atoms with van der Waals surface area (Å²) in [5.41, 5.74) is 0.838. The van der Waals surface area contributed by atoms with Crippen molar-refractivity contribution in [3.8, 4) is 11.8 Å². The fraction of sp³-hybridized carbons (Fsp3) is 0.286. The van der Waals surface area contributed by atoms with Gasteiger partial charge in [0, 0.05) is 18.5 Å². The highest BCUT2D eigenvalue weighted by Gasteiger charge is 1.81. The van der Waals surface area contributed by atoms with Crippen LogP contribution in [0.1, 0.15) is 12.1 Å². The van der Waals surface area contributed by atoms with Crippen molar-refractivity contribution in [3.63, 3.8) is 0 Å². The summed E-state index contributed by atoms with van der Waals surface area (Å²) < 4.78 is 0. The van der Waals surface area contributed by atoms with E-state index in [0.29, 0.717) is 5.88 Å².